The van der Waals surface area contributed by atoms with Gasteiger partial charge in [0.1, 0.15) is 11.9 Å². The summed E-state index contributed by atoms with van der Waals surface area (Å²) in [6, 6.07) is 0.0453. The van der Waals surface area contributed by atoms with Crippen molar-refractivity contribution < 1.29 is 23.8 Å². The Morgan fingerprint density at radius 3 is 2.60 bits per heavy atom. The van der Waals surface area contributed by atoms with Crippen molar-refractivity contribution in [1.82, 2.24) is 0 Å². The van der Waals surface area contributed by atoms with E-state index in [4.69, 9.17) is 15.9 Å². The van der Waals surface area contributed by atoms with Crippen LogP contribution in [0.15, 0.2) is 12.1 Å². The fraction of sp³-hybridized carbons (Fsp3) is 0.222. The van der Waals surface area contributed by atoms with E-state index in [1.54, 1.807) is 0 Å². The van der Waals surface area contributed by atoms with Crippen molar-refractivity contribution in [3.63, 3.8) is 0 Å². The number of phenols is 1. The number of carboxylic acids is 1. The van der Waals surface area contributed by atoms with Gasteiger partial charge in [-0.2, -0.15) is 0 Å². The molecule has 0 aliphatic carbocycles. The normalized spacial score (nSPS) is 12.5. The van der Waals surface area contributed by atoms with E-state index in [-0.39, 0.29) is 12.0 Å². The summed E-state index contributed by atoms with van der Waals surface area (Å²) >= 11 is 0. The van der Waals surface area contributed by atoms with Crippen LogP contribution in [0.4, 0.5) is 8.78 Å². The predicted octanol–water partition coefficient (Wildman–Crippen LogP) is 0.625. The maximum Gasteiger partial charge on any atom is 0.320 e. The highest BCUT2D eigenvalue weighted by Gasteiger charge is 2.17. The number of rotatable bonds is 3. The molecule has 15 heavy (non-hydrogen) atoms. The Morgan fingerprint density at radius 2 is 2.07 bits per heavy atom. The quantitative estimate of drug-likeness (QED) is 0.693. The average molecular weight is 217 g/mol. The van der Waals surface area contributed by atoms with Gasteiger partial charge >= 0.3 is 5.97 Å². The topological polar surface area (TPSA) is 83.5 Å². The van der Waals surface area contributed by atoms with E-state index >= 15 is 0 Å². The highest BCUT2D eigenvalue weighted by molar-refractivity contribution is 5.73. The first kappa shape index (κ1) is 11.4. The van der Waals surface area contributed by atoms with E-state index in [0.29, 0.717) is 6.07 Å². The maximum atomic E-state index is 12.8. The van der Waals surface area contributed by atoms with Crippen LogP contribution in [0.3, 0.4) is 0 Å². The number of halogens is 2. The molecule has 6 heteroatoms. The second kappa shape index (κ2) is 4.22. The van der Waals surface area contributed by atoms with Crippen LogP contribution in [0.1, 0.15) is 5.56 Å². The van der Waals surface area contributed by atoms with Crippen molar-refractivity contribution in [3.8, 4) is 5.75 Å². The van der Waals surface area contributed by atoms with E-state index in [2.05, 4.69) is 0 Å². The van der Waals surface area contributed by atoms with Gasteiger partial charge < -0.3 is 15.9 Å². The molecule has 0 radical (unpaired) electrons. The minimum absolute atomic E-state index is 0.164. The molecule has 1 aromatic carbocycles. The number of nitrogens with two attached hydrogens (primary N) is 1. The lowest BCUT2D eigenvalue weighted by Crippen LogP contribution is -2.32. The summed E-state index contributed by atoms with van der Waals surface area (Å²) in [6.07, 6.45) is -0.337. The molecule has 0 heterocycles. The van der Waals surface area contributed by atoms with Gasteiger partial charge in [-0.25, -0.2) is 8.78 Å². The number of benzene rings is 1. The summed E-state index contributed by atoms with van der Waals surface area (Å²) in [5.41, 5.74) is 5.00. The smallest absolute Gasteiger partial charge is 0.320 e. The van der Waals surface area contributed by atoms with Gasteiger partial charge in [-0.05, 0) is 6.07 Å². The van der Waals surface area contributed by atoms with Gasteiger partial charge in [0, 0.05) is 18.1 Å². The zero-order valence-electron chi connectivity index (χ0n) is 7.58. The van der Waals surface area contributed by atoms with Gasteiger partial charge in [0.2, 0.25) is 0 Å². The third-order valence-corrected chi connectivity index (χ3v) is 1.86. The summed E-state index contributed by atoms with van der Waals surface area (Å²) in [5.74, 6) is -4.10. The van der Waals surface area contributed by atoms with E-state index in [1.807, 2.05) is 0 Å². The molecule has 82 valence electrons. The molecule has 0 saturated heterocycles. The molecule has 1 aromatic rings. The zero-order chi connectivity index (χ0) is 11.6. The van der Waals surface area contributed by atoms with Crippen LogP contribution < -0.4 is 5.73 Å². The molecule has 0 aliphatic heterocycles. The van der Waals surface area contributed by atoms with Gasteiger partial charge in [0.25, 0.3) is 0 Å². The first-order valence-electron chi connectivity index (χ1n) is 4.07. The van der Waals surface area contributed by atoms with Crippen LogP contribution in [0.5, 0.6) is 5.75 Å². The number of aromatic hydroxyl groups is 1. The molecule has 1 atom stereocenters. The molecule has 0 spiro atoms. The van der Waals surface area contributed by atoms with Crippen molar-refractivity contribution >= 4 is 5.97 Å². The molecule has 1 rings (SSSR count). The van der Waals surface area contributed by atoms with E-state index in [9.17, 15) is 13.6 Å². The van der Waals surface area contributed by atoms with Gasteiger partial charge in [-0.15, -0.1) is 0 Å². The summed E-state index contributed by atoms with van der Waals surface area (Å²) in [5, 5.41) is 17.6. The van der Waals surface area contributed by atoms with Crippen LogP contribution in [0, 0.1) is 11.6 Å². The Hall–Kier alpha value is -1.69. The van der Waals surface area contributed by atoms with Crippen molar-refractivity contribution in [3.05, 3.63) is 29.3 Å². The molecule has 0 saturated carbocycles. The van der Waals surface area contributed by atoms with Crippen molar-refractivity contribution in [2.75, 3.05) is 0 Å². The standard InChI is InChI=1S/C9H9F2NO3/c10-5-1-4(2-7(12)9(14)15)8(13)6(11)3-5/h1,3,7,13H,2,12H2,(H,14,15). The third kappa shape index (κ3) is 2.63. The SMILES string of the molecule is NC(Cc1cc(F)cc(F)c1O)C(=O)O. The molecular formula is C9H9F2NO3. The molecule has 0 aliphatic rings. The number of phenolic OH excluding ortho intramolecular Hbond substituents is 1. The number of carbonyl (C=O) groups is 1. The summed E-state index contributed by atoms with van der Waals surface area (Å²) in [4.78, 5) is 10.4. The van der Waals surface area contributed by atoms with Crippen LogP contribution in [0.25, 0.3) is 0 Å². The Morgan fingerprint density at radius 1 is 1.47 bits per heavy atom. The maximum absolute atomic E-state index is 12.8. The molecule has 0 bridgehead atoms. The number of aliphatic carboxylic acids is 1. The summed E-state index contributed by atoms with van der Waals surface area (Å²) in [7, 11) is 0. The molecule has 4 N–H and O–H groups in total. The number of hydrogen-bond donors (Lipinski definition) is 3. The van der Waals surface area contributed by atoms with E-state index in [0.717, 1.165) is 6.07 Å². The highest BCUT2D eigenvalue weighted by atomic mass is 19.1. The lowest BCUT2D eigenvalue weighted by Gasteiger charge is -2.08. The summed E-state index contributed by atoms with van der Waals surface area (Å²) < 4.78 is 25.5. The summed E-state index contributed by atoms with van der Waals surface area (Å²) in [6.45, 7) is 0. The molecular weight excluding hydrogens is 208 g/mol. The first-order chi connectivity index (χ1) is 6.91. The number of carboxylic acid groups (broad SMARTS) is 1. The van der Waals surface area contributed by atoms with Crippen molar-refractivity contribution in [2.24, 2.45) is 5.73 Å². The fourth-order valence-electron chi connectivity index (χ4n) is 1.10. The van der Waals surface area contributed by atoms with E-state index < -0.39 is 29.4 Å². The minimum Gasteiger partial charge on any atom is -0.505 e. The second-order valence-electron chi connectivity index (χ2n) is 3.04. The Bertz CT molecular complexity index is 395. The molecule has 0 fully saturated rings. The average Bonchev–Trinajstić information content (AvgIpc) is 2.13. The monoisotopic (exact) mass is 217 g/mol. The zero-order valence-corrected chi connectivity index (χ0v) is 7.58. The Kier molecular flexibility index (Phi) is 3.21. The van der Waals surface area contributed by atoms with Crippen LogP contribution in [-0.4, -0.2) is 22.2 Å². The number of hydrogen-bond acceptors (Lipinski definition) is 3. The highest BCUT2D eigenvalue weighted by Crippen LogP contribution is 2.23. The predicted molar refractivity (Wildman–Crippen MR) is 47.3 cm³/mol. The molecule has 4 nitrogen and oxygen atoms in total. The van der Waals surface area contributed by atoms with Crippen LogP contribution in [-0.2, 0) is 11.2 Å². The van der Waals surface area contributed by atoms with Gasteiger partial charge in [-0.1, -0.05) is 0 Å². The second-order valence-corrected chi connectivity index (χ2v) is 3.04. The van der Waals surface area contributed by atoms with Gasteiger partial charge in [0.05, 0.1) is 0 Å². The largest absolute Gasteiger partial charge is 0.505 e. The lowest BCUT2D eigenvalue weighted by atomic mass is 10.1. The molecule has 0 aromatic heterocycles. The van der Waals surface area contributed by atoms with E-state index in [1.165, 1.54) is 0 Å². The minimum atomic E-state index is -1.31. The molecule has 0 amide bonds. The van der Waals surface area contributed by atoms with Gasteiger partial charge in [0.15, 0.2) is 11.6 Å². The van der Waals surface area contributed by atoms with Crippen molar-refractivity contribution in [1.29, 1.82) is 0 Å². The van der Waals surface area contributed by atoms with Gasteiger partial charge in [-0.3, -0.25) is 4.79 Å². The third-order valence-electron chi connectivity index (χ3n) is 1.86. The van der Waals surface area contributed by atoms with Crippen LogP contribution in [0.2, 0.25) is 0 Å². The lowest BCUT2D eigenvalue weighted by molar-refractivity contribution is -0.138. The molecule has 1 unspecified atom stereocenters. The van der Waals surface area contributed by atoms with Crippen molar-refractivity contribution in [2.45, 2.75) is 12.5 Å². The Balaban J connectivity index is 2.99. The fourth-order valence-corrected chi connectivity index (χ4v) is 1.10. The first-order valence-corrected chi connectivity index (χ1v) is 4.07. The Labute approximate surface area is 83.9 Å². The van der Waals surface area contributed by atoms with Crippen LogP contribution >= 0.6 is 0 Å².